The molecule has 0 amide bonds. The predicted molar refractivity (Wildman–Crippen MR) is 123 cm³/mol. The van der Waals surface area contributed by atoms with Gasteiger partial charge in [-0.25, -0.2) is 4.68 Å². The highest BCUT2D eigenvalue weighted by molar-refractivity contribution is 6.30. The van der Waals surface area contributed by atoms with Crippen LogP contribution in [0.15, 0.2) is 48.5 Å². The molecule has 0 aliphatic heterocycles. The average Bonchev–Trinajstić information content (AvgIpc) is 3.36. The predicted octanol–water partition coefficient (Wildman–Crippen LogP) is 3.82. The molecule has 0 unspecified atom stereocenters. The van der Waals surface area contributed by atoms with E-state index in [0.717, 1.165) is 22.5 Å². The van der Waals surface area contributed by atoms with Crippen molar-refractivity contribution in [2.75, 3.05) is 14.2 Å². The standard InChI is InChI=1S/C23H19ClN6O3/c1-13-20(14-5-4-6-15(24)11-14)22-26-25-21-18(12-19(31)33-3)28-29(23(21)30(22)27-13)16-7-9-17(32-2)10-8-16/h4-11H,12H2,1-3H3. The molecule has 0 saturated carbocycles. The van der Waals surface area contributed by atoms with E-state index < -0.39 is 5.97 Å². The molecule has 0 radical (unpaired) electrons. The molecule has 3 aromatic heterocycles. The third-order valence-electron chi connectivity index (χ3n) is 5.36. The molecule has 0 fully saturated rings. The lowest BCUT2D eigenvalue weighted by Crippen LogP contribution is -2.06. The summed E-state index contributed by atoms with van der Waals surface area (Å²) in [7, 11) is 2.94. The number of aryl methyl sites for hydroxylation is 1. The summed E-state index contributed by atoms with van der Waals surface area (Å²) in [6, 6.07) is 14.9. The molecule has 0 spiro atoms. The Bertz CT molecular complexity index is 1510. The summed E-state index contributed by atoms with van der Waals surface area (Å²) in [6.45, 7) is 1.90. The van der Waals surface area contributed by atoms with Crippen molar-refractivity contribution in [2.45, 2.75) is 13.3 Å². The van der Waals surface area contributed by atoms with Crippen LogP contribution < -0.4 is 4.74 Å². The molecule has 3 heterocycles. The summed E-state index contributed by atoms with van der Waals surface area (Å²) in [6.07, 6.45) is -0.0439. The first kappa shape index (κ1) is 20.9. The zero-order valence-electron chi connectivity index (χ0n) is 18.1. The Kier molecular flexibility index (Phi) is 5.18. The van der Waals surface area contributed by atoms with Crippen molar-refractivity contribution in [2.24, 2.45) is 0 Å². The minimum atomic E-state index is -0.422. The van der Waals surface area contributed by atoms with E-state index in [2.05, 4.69) is 15.3 Å². The second kappa shape index (κ2) is 8.18. The van der Waals surface area contributed by atoms with Gasteiger partial charge >= 0.3 is 5.97 Å². The Morgan fingerprint density at radius 1 is 1.06 bits per heavy atom. The van der Waals surface area contributed by atoms with Crippen LogP contribution in [0.25, 0.3) is 33.6 Å². The topological polar surface area (TPSA) is 96.4 Å². The van der Waals surface area contributed by atoms with Crippen molar-refractivity contribution < 1.29 is 14.3 Å². The first-order chi connectivity index (χ1) is 16.0. The first-order valence-electron chi connectivity index (χ1n) is 10.1. The lowest BCUT2D eigenvalue weighted by Gasteiger charge is -2.06. The normalized spacial score (nSPS) is 11.3. The molecule has 10 heteroatoms. The maximum Gasteiger partial charge on any atom is 0.311 e. The molecular weight excluding hydrogens is 444 g/mol. The third-order valence-corrected chi connectivity index (χ3v) is 5.59. The number of aromatic nitrogens is 6. The van der Waals surface area contributed by atoms with E-state index in [4.69, 9.17) is 26.2 Å². The van der Waals surface area contributed by atoms with Crippen LogP contribution in [-0.4, -0.2) is 49.8 Å². The zero-order valence-corrected chi connectivity index (χ0v) is 18.9. The van der Waals surface area contributed by atoms with Gasteiger partial charge in [-0.1, -0.05) is 23.7 Å². The van der Waals surface area contributed by atoms with Crippen molar-refractivity contribution in [1.82, 2.24) is 29.6 Å². The fourth-order valence-corrected chi connectivity index (χ4v) is 3.99. The number of carbonyl (C=O) groups excluding carboxylic acids is 1. The molecule has 0 bridgehead atoms. The van der Waals surface area contributed by atoms with Gasteiger partial charge < -0.3 is 9.47 Å². The molecule has 0 atom stereocenters. The number of benzene rings is 2. The Morgan fingerprint density at radius 3 is 2.55 bits per heavy atom. The Labute approximate surface area is 193 Å². The van der Waals surface area contributed by atoms with Gasteiger partial charge in [0.25, 0.3) is 0 Å². The minimum Gasteiger partial charge on any atom is -0.497 e. The van der Waals surface area contributed by atoms with Gasteiger partial charge in [0.15, 0.2) is 16.8 Å². The van der Waals surface area contributed by atoms with Gasteiger partial charge in [0.05, 0.1) is 37.6 Å². The maximum absolute atomic E-state index is 12.0. The monoisotopic (exact) mass is 462 g/mol. The highest BCUT2D eigenvalue weighted by Crippen LogP contribution is 2.31. The quantitative estimate of drug-likeness (QED) is 0.366. The van der Waals surface area contributed by atoms with E-state index in [1.165, 1.54) is 7.11 Å². The number of hydrogen-bond donors (Lipinski definition) is 0. The number of methoxy groups -OCH3 is 2. The van der Waals surface area contributed by atoms with Gasteiger partial charge in [0.1, 0.15) is 11.4 Å². The molecule has 33 heavy (non-hydrogen) atoms. The van der Waals surface area contributed by atoms with E-state index >= 15 is 0 Å². The lowest BCUT2D eigenvalue weighted by molar-refractivity contribution is -0.139. The van der Waals surface area contributed by atoms with Crippen LogP contribution in [0, 0.1) is 6.92 Å². The second-order valence-corrected chi connectivity index (χ2v) is 7.82. The highest BCUT2D eigenvalue weighted by Gasteiger charge is 2.23. The number of carbonyl (C=O) groups is 1. The van der Waals surface area contributed by atoms with E-state index in [1.807, 2.05) is 55.5 Å². The van der Waals surface area contributed by atoms with Gasteiger partial charge in [-0.05, 0) is 48.9 Å². The zero-order chi connectivity index (χ0) is 23.1. The number of esters is 1. The number of rotatable bonds is 5. The third kappa shape index (κ3) is 3.56. The molecule has 0 aliphatic carbocycles. The SMILES string of the molecule is COC(=O)Cc1nn(-c2ccc(OC)cc2)c2c1nnc1c(-c3cccc(Cl)c3)c(C)nn12. The van der Waals surface area contributed by atoms with Crippen LogP contribution in [0.3, 0.4) is 0 Å². The molecule has 5 aromatic rings. The lowest BCUT2D eigenvalue weighted by atomic mass is 10.1. The van der Waals surface area contributed by atoms with Crippen molar-refractivity contribution in [3.8, 4) is 22.6 Å². The van der Waals surface area contributed by atoms with Crippen molar-refractivity contribution in [1.29, 1.82) is 0 Å². The summed E-state index contributed by atoms with van der Waals surface area (Å²) in [5.74, 6) is 0.294. The number of ether oxygens (including phenoxy) is 2. The first-order valence-corrected chi connectivity index (χ1v) is 10.5. The van der Waals surface area contributed by atoms with E-state index in [0.29, 0.717) is 33.3 Å². The molecule has 5 rings (SSSR count). The molecule has 0 aliphatic rings. The van der Waals surface area contributed by atoms with E-state index in [9.17, 15) is 4.79 Å². The van der Waals surface area contributed by atoms with Crippen LogP contribution in [0.5, 0.6) is 5.75 Å². The number of nitrogens with zero attached hydrogens (tertiary/aromatic N) is 6. The van der Waals surface area contributed by atoms with Crippen molar-refractivity contribution >= 4 is 34.4 Å². The largest absolute Gasteiger partial charge is 0.497 e. The van der Waals surface area contributed by atoms with Crippen LogP contribution in [-0.2, 0) is 16.0 Å². The fourth-order valence-electron chi connectivity index (χ4n) is 3.80. The highest BCUT2D eigenvalue weighted by atomic mass is 35.5. The average molecular weight is 463 g/mol. The van der Waals surface area contributed by atoms with Gasteiger partial charge in [-0.3, -0.25) is 4.79 Å². The van der Waals surface area contributed by atoms with Crippen LogP contribution >= 0.6 is 11.6 Å². The minimum absolute atomic E-state index is 0.0439. The van der Waals surface area contributed by atoms with Crippen LogP contribution in [0.2, 0.25) is 5.02 Å². The van der Waals surface area contributed by atoms with Crippen LogP contribution in [0.1, 0.15) is 11.4 Å². The van der Waals surface area contributed by atoms with E-state index in [1.54, 1.807) is 16.3 Å². The smallest absolute Gasteiger partial charge is 0.311 e. The Morgan fingerprint density at radius 2 is 1.85 bits per heavy atom. The molecular formula is C23H19ClN6O3. The molecule has 2 aromatic carbocycles. The Hall–Kier alpha value is -3.98. The van der Waals surface area contributed by atoms with Gasteiger partial charge in [-0.2, -0.15) is 14.7 Å². The summed E-state index contributed by atoms with van der Waals surface area (Å²) >= 11 is 6.22. The van der Waals surface area contributed by atoms with Gasteiger partial charge in [0.2, 0.25) is 0 Å². The number of halogens is 1. The molecule has 0 saturated heterocycles. The van der Waals surface area contributed by atoms with Crippen LogP contribution in [0.4, 0.5) is 0 Å². The van der Waals surface area contributed by atoms with E-state index in [-0.39, 0.29) is 6.42 Å². The molecule has 0 N–H and O–H groups in total. The second-order valence-electron chi connectivity index (χ2n) is 7.39. The number of fused-ring (bicyclic) bond motifs is 3. The van der Waals surface area contributed by atoms with Crippen molar-refractivity contribution in [3.63, 3.8) is 0 Å². The summed E-state index contributed by atoms with van der Waals surface area (Å²) in [5, 5.41) is 18.9. The maximum atomic E-state index is 12.0. The summed E-state index contributed by atoms with van der Waals surface area (Å²) in [4.78, 5) is 12.0. The van der Waals surface area contributed by atoms with Crippen molar-refractivity contribution in [3.05, 3.63) is 64.9 Å². The van der Waals surface area contributed by atoms with Gasteiger partial charge in [-0.15, -0.1) is 10.2 Å². The van der Waals surface area contributed by atoms with Gasteiger partial charge in [0, 0.05) is 5.02 Å². The number of hydrogen-bond acceptors (Lipinski definition) is 7. The summed E-state index contributed by atoms with van der Waals surface area (Å²) < 4.78 is 13.5. The fraction of sp³-hybridized carbons (Fsp3) is 0.174. The summed E-state index contributed by atoms with van der Waals surface area (Å²) in [5.41, 5.74) is 5.27. The molecule has 166 valence electrons. The molecule has 9 nitrogen and oxygen atoms in total. The Balaban J connectivity index is 1.81.